The second kappa shape index (κ2) is 10.0. The van der Waals surface area contributed by atoms with Crippen LogP contribution in [0.1, 0.15) is 71.5 Å². The zero-order chi connectivity index (χ0) is 20.7. The van der Waals surface area contributed by atoms with Crippen molar-refractivity contribution in [3.05, 3.63) is 23.8 Å². The maximum absolute atomic E-state index is 12.2. The van der Waals surface area contributed by atoms with Crippen LogP contribution in [0.3, 0.4) is 0 Å². The van der Waals surface area contributed by atoms with Crippen molar-refractivity contribution in [3.8, 4) is 11.5 Å². The fourth-order valence-corrected chi connectivity index (χ4v) is 3.22. The molecule has 1 aliphatic rings. The van der Waals surface area contributed by atoms with Gasteiger partial charge in [-0.15, -0.1) is 0 Å². The highest BCUT2D eigenvalue weighted by atomic mass is 16.6. The van der Waals surface area contributed by atoms with Crippen molar-refractivity contribution in [1.29, 1.82) is 0 Å². The van der Waals surface area contributed by atoms with Gasteiger partial charge in [0, 0.05) is 25.9 Å². The third kappa shape index (κ3) is 6.59. The summed E-state index contributed by atoms with van der Waals surface area (Å²) in [7, 11) is 1.61. The molecule has 1 aromatic carbocycles. The van der Waals surface area contributed by atoms with Crippen LogP contribution in [-0.2, 0) is 4.74 Å². The number of carbonyl (C=O) groups excluding carboxylic acids is 1. The Morgan fingerprint density at radius 3 is 2.50 bits per heavy atom. The second-order valence-corrected chi connectivity index (χ2v) is 8.35. The van der Waals surface area contributed by atoms with Gasteiger partial charge in [0.05, 0.1) is 13.2 Å². The Bertz CT molecular complexity index is 632. The molecule has 1 fully saturated rings. The van der Waals surface area contributed by atoms with Crippen LogP contribution in [0.15, 0.2) is 18.2 Å². The van der Waals surface area contributed by atoms with E-state index in [0.717, 1.165) is 37.7 Å². The molecular weight excluding hydrogens is 358 g/mol. The number of piperidine rings is 1. The van der Waals surface area contributed by atoms with Crippen LogP contribution in [-0.4, -0.2) is 48.0 Å². The standard InChI is InChI=1S/C22H35NO5/c1-6-7-8-18(24)16-9-10-19(26-5)20(15-16)27-17-11-13-23(14-12-17)21(25)28-22(2,3)4/h9-10,15,17-18,24H,6-8,11-14H2,1-5H3. The van der Waals surface area contributed by atoms with Gasteiger partial charge in [-0.25, -0.2) is 4.79 Å². The molecule has 1 amide bonds. The van der Waals surface area contributed by atoms with E-state index in [9.17, 15) is 9.90 Å². The van der Waals surface area contributed by atoms with E-state index < -0.39 is 11.7 Å². The summed E-state index contributed by atoms with van der Waals surface area (Å²) in [5.41, 5.74) is 0.354. The number of rotatable bonds is 7. The quantitative estimate of drug-likeness (QED) is 0.727. The molecule has 2 rings (SSSR count). The zero-order valence-electron chi connectivity index (χ0n) is 17.9. The number of unbranched alkanes of at least 4 members (excludes halogenated alkanes) is 1. The predicted octanol–water partition coefficient (Wildman–Crippen LogP) is 4.70. The number of benzene rings is 1. The molecule has 1 saturated heterocycles. The van der Waals surface area contributed by atoms with Crippen LogP contribution in [0, 0.1) is 0 Å². The number of hydrogen-bond donors (Lipinski definition) is 1. The summed E-state index contributed by atoms with van der Waals surface area (Å²) < 4.78 is 17.1. The highest BCUT2D eigenvalue weighted by Crippen LogP contribution is 2.33. The Balaban J connectivity index is 1.97. The number of nitrogens with zero attached hydrogens (tertiary/aromatic N) is 1. The summed E-state index contributed by atoms with van der Waals surface area (Å²) in [6.07, 6.45) is 3.44. The van der Waals surface area contributed by atoms with Crippen LogP contribution < -0.4 is 9.47 Å². The smallest absolute Gasteiger partial charge is 0.410 e. The first-order valence-corrected chi connectivity index (χ1v) is 10.2. The predicted molar refractivity (Wildman–Crippen MR) is 109 cm³/mol. The molecule has 6 heteroatoms. The fourth-order valence-electron chi connectivity index (χ4n) is 3.22. The Hall–Kier alpha value is -1.95. The molecule has 0 radical (unpaired) electrons. The monoisotopic (exact) mass is 393 g/mol. The summed E-state index contributed by atoms with van der Waals surface area (Å²) in [6, 6.07) is 5.60. The highest BCUT2D eigenvalue weighted by Gasteiger charge is 2.28. The molecule has 0 aliphatic carbocycles. The van der Waals surface area contributed by atoms with Gasteiger partial charge in [-0.3, -0.25) is 0 Å². The number of likely N-dealkylation sites (tertiary alicyclic amines) is 1. The molecule has 6 nitrogen and oxygen atoms in total. The van der Waals surface area contributed by atoms with E-state index in [1.807, 2.05) is 39.0 Å². The molecule has 1 atom stereocenters. The Labute approximate surface area is 168 Å². The van der Waals surface area contributed by atoms with Crippen LogP contribution in [0.2, 0.25) is 0 Å². The van der Waals surface area contributed by atoms with E-state index in [1.54, 1.807) is 12.0 Å². The number of ether oxygens (including phenoxy) is 3. The minimum Gasteiger partial charge on any atom is -0.493 e. The molecule has 1 aliphatic heterocycles. The lowest BCUT2D eigenvalue weighted by atomic mass is 10.0. The molecule has 28 heavy (non-hydrogen) atoms. The van der Waals surface area contributed by atoms with E-state index in [2.05, 4.69) is 6.92 Å². The first-order chi connectivity index (χ1) is 13.2. The number of methoxy groups -OCH3 is 1. The summed E-state index contributed by atoms with van der Waals surface area (Å²) in [5.74, 6) is 1.30. The fraction of sp³-hybridized carbons (Fsp3) is 0.682. The van der Waals surface area contributed by atoms with Crippen molar-refractivity contribution in [2.24, 2.45) is 0 Å². The Kier molecular flexibility index (Phi) is 7.98. The van der Waals surface area contributed by atoms with E-state index in [4.69, 9.17) is 14.2 Å². The third-order valence-electron chi connectivity index (χ3n) is 4.79. The SMILES string of the molecule is CCCCC(O)c1ccc(OC)c(OC2CCN(C(=O)OC(C)(C)C)CC2)c1. The van der Waals surface area contributed by atoms with Gasteiger partial charge in [-0.2, -0.15) is 0 Å². The number of aliphatic hydroxyl groups excluding tert-OH is 1. The zero-order valence-corrected chi connectivity index (χ0v) is 17.9. The van der Waals surface area contributed by atoms with Gasteiger partial charge in [-0.05, 0) is 44.9 Å². The first-order valence-electron chi connectivity index (χ1n) is 10.2. The summed E-state index contributed by atoms with van der Waals surface area (Å²) in [5, 5.41) is 10.4. The lowest BCUT2D eigenvalue weighted by Gasteiger charge is -2.33. The third-order valence-corrected chi connectivity index (χ3v) is 4.79. The molecule has 0 saturated carbocycles. The number of aliphatic hydroxyl groups is 1. The van der Waals surface area contributed by atoms with E-state index in [-0.39, 0.29) is 12.2 Å². The largest absolute Gasteiger partial charge is 0.493 e. The van der Waals surface area contributed by atoms with Crippen LogP contribution in [0.4, 0.5) is 4.79 Å². The van der Waals surface area contributed by atoms with Crippen molar-refractivity contribution < 1.29 is 24.1 Å². The maximum atomic E-state index is 12.2. The summed E-state index contributed by atoms with van der Waals surface area (Å²) in [6.45, 7) is 8.92. The van der Waals surface area contributed by atoms with E-state index >= 15 is 0 Å². The van der Waals surface area contributed by atoms with E-state index in [1.165, 1.54) is 0 Å². The maximum Gasteiger partial charge on any atom is 0.410 e. The van der Waals surface area contributed by atoms with Gasteiger partial charge in [0.15, 0.2) is 11.5 Å². The van der Waals surface area contributed by atoms with Gasteiger partial charge in [-0.1, -0.05) is 25.8 Å². The lowest BCUT2D eigenvalue weighted by Crippen LogP contribution is -2.44. The normalized spacial score (nSPS) is 16.6. The summed E-state index contributed by atoms with van der Waals surface area (Å²) >= 11 is 0. The van der Waals surface area contributed by atoms with Crippen molar-refractivity contribution >= 4 is 6.09 Å². The Morgan fingerprint density at radius 2 is 1.93 bits per heavy atom. The molecule has 1 aromatic rings. The first kappa shape index (κ1) is 22.3. The number of carbonyl (C=O) groups is 1. The highest BCUT2D eigenvalue weighted by molar-refractivity contribution is 5.68. The molecule has 0 bridgehead atoms. The van der Waals surface area contributed by atoms with Crippen LogP contribution in [0.25, 0.3) is 0 Å². The molecule has 1 N–H and O–H groups in total. The van der Waals surface area contributed by atoms with Gasteiger partial charge in [0.25, 0.3) is 0 Å². The topological polar surface area (TPSA) is 68.2 Å². The molecule has 0 aromatic heterocycles. The van der Waals surface area contributed by atoms with Gasteiger partial charge in [0.1, 0.15) is 11.7 Å². The van der Waals surface area contributed by atoms with Gasteiger partial charge < -0.3 is 24.2 Å². The van der Waals surface area contributed by atoms with Gasteiger partial charge >= 0.3 is 6.09 Å². The minimum atomic E-state index is -0.498. The molecule has 1 unspecified atom stereocenters. The van der Waals surface area contributed by atoms with Gasteiger partial charge in [0.2, 0.25) is 0 Å². The number of amides is 1. The Morgan fingerprint density at radius 1 is 1.25 bits per heavy atom. The average molecular weight is 394 g/mol. The molecule has 1 heterocycles. The van der Waals surface area contributed by atoms with Crippen LogP contribution in [0.5, 0.6) is 11.5 Å². The molecule has 0 spiro atoms. The van der Waals surface area contributed by atoms with E-state index in [0.29, 0.717) is 24.6 Å². The molecule has 158 valence electrons. The van der Waals surface area contributed by atoms with Crippen LogP contribution >= 0.6 is 0 Å². The molecular formula is C22H35NO5. The van der Waals surface area contributed by atoms with Crippen molar-refractivity contribution in [1.82, 2.24) is 4.90 Å². The van der Waals surface area contributed by atoms with Crippen molar-refractivity contribution in [2.75, 3.05) is 20.2 Å². The second-order valence-electron chi connectivity index (χ2n) is 8.35. The van der Waals surface area contributed by atoms with Crippen molar-refractivity contribution in [2.45, 2.75) is 77.6 Å². The lowest BCUT2D eigenvalue weighted by molar-refractivity contribution is 0.0124. The summed E-state index contributed by atoms with van der Waals surface area (Å²) in [4.78, 5) is 13.9. The number of hydrogen-bond acceptors (Lipinski definition) is 5. The average Bonchev–Trinajstić information content (AvgIpc) is 2.65. The van der Waals surface area contributed by atoms with Crippen molar-refractivity contribution in [3.63, 3.8) is 0 Å². The minimum absolute atomic E-state index is 0.00405.